The Hall–Kier alpha value is -1.07. The van der Waals surface area contributed by atoms with Gasteiger partial charge in [-0.05, 0) is 43.0 Å². The standard InChI is InChI=1S/C14H19NO3S/c1-14(2)11-9-10(19(16,17)18)6-7-12(11)15-8-4-3-5-13(14)15/h6-7,9,13H,3-5,8H2,1-2H3,(H,16,17,18). The molecule has 0 amide bonds. The van der Waals surface area contributed by atoms with Gasteiger partial charge in [-0.3, -0.25) is 4.55 Å². The van der Waals surface area contributed by atoms with Crippen LogP contribution in [0.3, 0.4) is 0 Å². The third-order valence-corrected chi connectivity index (χ3v) is 5.45. The van der Waals surface area contributed by atoms with Crippen LogP contribution in [-0.4, -0.2) is 25.6 Å². The molecular formula is C14H19NO3S. The molecule has 2 aliphatic heterocycles. The van der Waals surface area contributed by atoms with E-state index in [0.29, 0.717) is 6.04 Å². The van der Waals surface area contributed by atoms with Crippen molar-refractivity contribution in [3.8, 4) is 0 Å². The van der Waals surface area contributed by atoms with E-state index in [-0.39, 0.29) is 10.3 Å². The van der Waals surface area contributed by atoms with Gasteiger partial charge in [-0.2, -0.15) is 8.42 Å². The predicted octanol–water partition coefficient (Wildman–Crippen LogP) is 2.58. The van der Waals surface area contributed by atoms with Crippen molar-refractivity contribution in [3.63, 3.8) is 0 Å². The molecule has 0 aromatic heterocycles. The lowest BCUT2D eigenvalue weighted by atomic mass is 9.78. The van der Waals surface area contributed by atoms with E-state index in [1.54, 1.807) is 6.07 Å². The van der Waals surface area contributed by atoms with Gasteiger partial charge in [-0.25, -0.2) is 0 Å². The number of hydrogen-bond donors (Lipinski definition) is 1. The molecule has 1 aromatic carbocycles. The Balaban J connectivity index is 2.16. The van der Waals surface area contributed by atoms with Gasteiger partial charge in [0.2, 0.25) is 0 Å². The van der Waals surface area contributed by atoms with Crippen LogP contribution < -0.4 is 4.90 Å². The van der Waals surface area contributed by atoms with E-state index in [1.807, 2.05) is 6.07 Å². The fourth-order valence-corrected chi connectivity index (χ4v) is 4.10. The van der Waals surface area contributed by atoms with E-state index in [4.69, 9.17) is 0 Å². The molecule has 1 saturated heterocycles. The molecule has 4 nitrogen and oxygen atoms in total. The molecule has 0 radical (unpaired) electrons. The maximum atomic E-state index is 11.3. The van der Waals surface area contributed by atoms with Crippen molar-refractivity contribution in [1.82, 2.24) is 0 Å². The van der Waals surface area contributed by atoms with Crippen molar-refractivity contribution in [1.29, 1.82) is 0 Å². The van der Waals surface area contributed by atoms with Crippen LogP contribution in [0.25, 0.3) is 0 Å². The number of piperidine rings is 1. The second-order valence-electron chi connectivity index (χ2n) is 6.08. The van der Waals surface area contributed by atoms with Gasteiger partial charge in [0.15, 0.2) is 0 Å². The average molecular weight is 281 g/mol. The molecular weight excluding hydrogens is 262 g/mol. The van der Waals surface area contributed by atoms with Crippen molar-refractivity contribution in [2.75, 3.05) is 11.4 Å². The van der Waals surface area contributed by atoms with E-state index < -0.39 is 10.1 Å². The topological polar surface area (TPSA) is 57.6 Å². The lowest BCUT2D eigenvalue weighted by Gasteiger charge is -2.38. The summed E-state index contributed by atoms with van der Waals surface area (Å²) in [4.78, 5) is 2.39. The zero-order chi connectivity index (χ0) is 13.8. The first-order valence-corrected chi connectivity index (χ1v) is 8.14. The van der Waals surface area contributed by atoms with Gasteiger partial charge >= 0.3 is 0 Å². The first kappa shape index (κ1) is 12.9. The van der Waals surface area contributed by atoms with E-state index >= 15 is 0 Å². The second kappa shape index (κ2) is 3.96. The summed E-state index contributed by atoms with van der Waals surface area (Å²) in [5, 5.41) is 0. The summed E-state index contributed by atoms with van der Waals surface area (Å²) in [6, 6.07) is 5.42. The second-order valence-corrected chi connectivity index (χ2v) is 7.50. The van der Waals surface area contributed by atoms with Gasteiger partial charge in [-0.15, -0.1) is 0 Å². The summed E-state index contributed by atoms with van der Waals surface area (Å²) in [7, 11) is -4.13. The first-order chi connectivity index (χ1) is 8.82. The average Bonchev–Trinajstić information content (AvgIpc) is 2.58. The number of benzene rings is 1. The highest BCUT2D eigenvalue weighted by Gasteiger charge is 2.45. The van der Waals surface area contributed by atoms with Gasteiger partial charge in [0, 0.05) is 23.7 Å². The summed E-state index contributed by atoms with van der Waals surface area (Å²) in [5.41, 5.74) is 2.09. The Morgan fingerprint density at radius 3 is 2.74 bits per heavy atom. The Kier molecular flexibility index (Phi) is 2.70. The lowest BCUT2D eigenvalue weighted by Crippen LogP contribution is -2.44. The van der Waals surface area contributed by atoms with Crippen molar-refractivity contribution in [2.45, 2.75) is 49.5 Å². The molecule has 2 heterocycles. The van der Waals surface area contributed by atoms with Crippen LogP contribution in [0.1, 0.15) is 38.7 Å². The number of anilines is 1. The highest BCUT2D eigenvalue weighted by molar-refractivity contribution is 7.85. The molecule has 3 rings (SSSR count). The predicted molar refractivity (Wildman–Crippen MR) is 74.3 cm³/mol. The zero-order valence-corrected chi connectivity index (χ0v) is 12.1. The molecule has 1 unspecified atom stereocenters. The van der Waals surface area contributed by atoms with Crippen LogP contribution in [-0.2, 0) is 15.5 Å². The smallest absolute Gasteiger partial charge is 0.294 e. The van der Waals surface area contributed by atoms with E-state index in [1.165, 1.54) is 18.9 Å². The Morgan fingerprint density at radius 1 is 1.32 bits per heavy atom. The Labute approximate surface area is 114 Å². The third kappa shape index (κ3) is 1.87. The normalized spacial score (nSPS) is 25.0. The molecule has 0 aliphatic carbocycles. The molecule has 1 N–H and O–H groups in total. The van der Waals surface area contributed by atoms with Crippen LogP contribution in [0.15, 0.2) is 23.1 Å². The summed E-state index contributed by atoms with van der Waals surface area (Å²) >= 11 is 0. The minimum absolute atomic E-state index is 0.000767. The quantitative estimate of drug-likeness (QED) is 0.804. The molecule has 1 aromatic rings. The van der Waals surface area contributed by atoms with Crippen molar-refractivity contribution in [2.24, 2.45) is 0 Å². The fraction of sp³-hybridized carbons (Fsp3) is 0.571. The molecule has 0 spiro atoms. The molecule has 19 heavy (non-hydrogen) atoms. The lowest BCUT2D eigenvalue weighted by molar-refractivity contribution is 0.353. The third-order valence-electron chi connectivity index (χ3n) is 4.61. The summed E-state index contributed by atoms with van der Waals surface area (Å²) in [5.74, 6) is 0. The zero-order valence-electron chi connectivity index (χ0n) is 11.3. The SMILES string of the molecule is CC1(C)c2cc(S(=O)(=O)O)ccc2N2CCCCC21. The van der Waals surface area contributed by atoms with Crippen LogP contribution in [0.4, 0.5) is 5.69 Å². The van der Waals surface area contributed by atoms with Gasteiger partial charge in [-0.1, -0.05) is 13.8 Å². The van der Waals surface area contributed by atoms with Crippen LogP contribution in [0.2, 0.25) is 0 Å². The molecule has 0 bridgehead atoms. The van der Waals surface area contributed by atoms with Gasteiger partial charge in [0.1, 0.15) is 0 Å². The number of rotatable bonds is 1. The van der Waals surface area contributed by atoms with Crippen molar-refractivity contribution in [3.05, 3.63) is 23.8 Å². The van der Waals surface area contributed by atoms with E-state index in [0.717, 1.165) is 24.2 Å². The largest absolute Gasteiger partial charge is 0.367 e. The molecule has 104 valence electrons. The van der Waals surface area contributed by atoms with Crippen LogP contribution in [0, 0.1) is 0 Å². The van der Waals surface area contributed by atoms with E-state index in [2.05, 4.69) is 18.7 Å². The van der Waals surface area contributed by atoms with E-state index in [9.17, 15) is 13.0 Å². The highest BCUT2D eigenvalue weighted by atomic mass is 32.2. The van der Waals surface area contributed by atoms with Crippen LogP contribution >= 0.6 is 0 Å². The van der Waals surface area contributed by atoms with Crippen LogP contribution in [0.5, 0.6) is 0 Å². The minimum atomic E-state index is -4.13. The van der Waals surface area contributed by atoms with Crippen molar-refractivity contribution >= 4 is 15.8 Å². The molecule has 1 atom stereocenters. The Bertz CT molecular complexity index is 622. The number of hydrogen-bond acceptors (Lipinski definition) is 3. The summed E-state index contributed by atoms with van der Waals surface area (Å²) < 4.78 is 31.8. The summed E-state index contributed by atoms with van der Waals surface area (Å²) in [6.45, 7) is 5.36. The van der Waals surface area contributed by atoms with Crippen molar-refractivity contribution < 1.29 is 13.0 Å². The molecule has 5 heteroatoms. The highest BCUT2D eigenvalue weighted by Crippen LogP contribution is 2.48. The maximum Gasteiger partial charge on any atom is 0.294 e. The van der Waals surface area contributed by atoms with Gasteiger partial charge in [0.25, 0.3) is 10.1 Å². The number of nitrogens with zero attached hydrogens (tertiary/aromatic N) is 1. The fourth-order valence-electron chi connectivity index (χ4n) is 3.59. The maximum absolute atomic E-state index is 11.3. The molecule has 1 fully saturated rings. The number of fused-ring (bicyclic) bond motifs is 3. The molecule has 2 aliphatic rings. The van der Waals surface area contributed by atoms with Gasteiger partial charge < -0.3 is 4.90 Å². The minimum Gasteiger partial charge on any atom is -0.367 e. The monoisotopic (exact) mass is 281 g/mol. The first-order valence-electron chi connectivity index (χ1n) is 6.70. The Morgan fingerprint density at radius 2 is 2.05 bits per heavy atom. The summed E-state index contributed by atoms with van der Waals surface area (Å²) in [6.07, 6.45) is 3.55. The molecule has 0 saturated carbocycles. The van der Waals surface area contributed by atoms with Gasteiger partial charge in [0.05, 0.1) is 4.90 Å².